The number of aliphatic hydroxyl groups excluding tert-OH is 1. The van der Waals surface area contributed by atoms with Gasteiger partial charge in [-0.3, -0.25) is 5.32 Å². The molecule has 0 fully saturated rings. The maximum absolute atomic E-state index is 9.82. The van der Waals surface area contributed by atoms with Gasteiger partial charge in [0.05, 0.1) is 0 Å². The Morgan fingerprint density at radius 2 is 1.52 bits per heavy atom. The molecule has 110 valence electrons. The number of fused-ring (bicyclic) bond motifs is 2. The highest BCUT2D eigenvalue weighted by atomic mass is 16.3. The maximum Gasteiger partial charge on any atom is 0.106 e. The maximum atomic E-state index is 9.82. The number of nitrogens with zero attached hydrogens (tertiary/aromatic N) is 1. The molecule has 2 N–H and O–H groups in total. The molecule has 1 heterocycles. The summed E-state index contributed by atoms with van der Waals surface area (Å²) in [5, 5.41) is 12.7. The van der Waals surface area contributed by atoms with Gasteiger partial charge < -0.3 is 10.0 Å². The van der Waals surface area contributed by atoms with Gasteiger partial charge in [0.1, 0.15) is 6.23 Å². The molecule has 1 aliphatic rings. The Labute approximate surface area is 126 Å². The van der Waals surface area contributed by atoms with Crippen LogP contribution in [-0.4, -0.2) is 24.9 Å². The average molecular weight is 282 g/mol. The Morgan fingerprint density at radius 3 is 2.05 bits per heavy atom. The van der Waals surface area contributed by atoms with E-state index >= 15 is 0 Å². The van der Waals surface area contributed by atoms with Crippen LogP contribution in [0.5, 0.6) is 0 Å². The summed E-state index contributed by atoms with van der Waals surface area (Å²) >= 11 is 0. The molecule has 0 aliphatic carbocycles. The summed E-state index contributed by atoms with van der Waals surface area (Å²) in [4.78, 5) is 2.35. The van der Waals surface area contributed by atoms with Crippen molar-refractivity contribution in [2.24, 2.45) is 0 Å². The summed E-state index contributed by atoms with van der Waals surface area (Å²) < 4.78 is 0. The summed E-state index contributed by atoms with van der Waals surface area (Å²) in [5.41, 5.74) is 5.30. The second-order valence-electron chi connectivity index (χ2n) is 5.50. The lowest BCUT2D eigenvalue weighted by Crippen LogP contribution is -2.30. The topological polar surface area (TPSA) is 35.5 Å². The van der Waals surface area contributed by atoms with Crippen molar-refractivity contribution < 1.29 is 5.11 Å². The molecule has 3 rings (SSSR count). The molecule has 2 aromatic carbocycles. The zero-order valence-corrected chi connectivity index (χ0v) is 12.4. The lowest BCUT2D eigenvalue weighted by Gasteiger charge is -2.27. The van der Waals surface area contributed by atoms with E-state index in [0.717, 1.165) is 19.4 Å². The first-order valence-corrected chi connectivity index (χ1v) is 7.58. The SMILES string of the molecule is CNC(O)CCN1c2ccccc2CCc2ccccc21. The van der Waals surface area contributed by atoms with E-state index in [9.17, 15) is 5.11 Å². The summed E-state index contributed by atoms with van der Waals surface area (Å²) in [6.07, 6.45) is 2.36. The lowest BCUT2D eigenvalue weighted by molar-refractivity contribution is 0.140. The number of anilines is 2. The minimum absolute atomic E-state index is 0.465. The van der Waals surface area contributed by atoms with Crippen LogP contribution in [0.4, 0.5) is 11.4 Å². The molecule has 0 amide bonds. The number of hydrogen-bond acceptors (Lipinski definition) is 3. The zero-order valence-electron chi connectivity index (χ0n) is 12.4. The molecule has 1 unspecified atom stereocenters. The van der Waals surface area contributed by atoms with Gasteiger partial charge in [0.25, 0.3) is 0 Å². The third-order valence-corrected chi connectivity index (χ3v) is 4.19. The van der Waals surface area contributed by atoms with Crippen LogP contribution in [0.3, 0.4) is 0 Å². The van der Waals surface area contributed by atoms with E-state index < -0.39 is 6.23 Å². The van der Waals surface area contributed by atoms with Gasteiger partial charge in [0.15, 0.2) is 0 Å². The van der Waals surface area contributed by atoms with Gasteiger partial charge in [-0.2, -0.15) is 0 Å². The highest BCUT2D eigenvalue weighted by Crippen LogP contribution is 2.35. The fourth-order valence-electron chi connectivity index (χ4n) is 3.01. The van der Waals surface area contributed by atoms with E-state index in [1.165, 1.54) is 22.5 Å². The minimum atomic E-state index is -0.465. The van der Waals surface area contributed by atoms with E-state index in [-0.39, 0.29) is 0 Å². The van der Waals surface area contributed by atoms with Crippen molar-refractivity contribution in [1.82, 2.24) is 5.32 Å². The highest BCUT2D eigenvalue weighted by Gasteiger charge is 2.20. The summed E-state index contributed by atoms with van der Waals surface area (Å²) in [5.74, 6) is 0. The van der Waals surface area contributed by atoms with Crippen LogP contribution in [0.25, 0.3) is 0 Å². The Balaban J connectivity index is 1.98. The van der Waals surface area contributed by atoms with Gasteiger partial charge >= 0.3 is 0 Å². The van der Waals surface area contributed by atoms with Crippen molar-refractivity contribution >= 4 is 11.4 Å². The number of para-hydroxylation sites is 2. The monoisotopic (exact) mass is 282 g/mol. The van der Waals surface area contributed by atoms with Crippen LogP contribution in [0, 0.1) is 0 Å². The third-order valence-electron chi connectivity index (χ3n) is 4.19. The van der Waals surface area contributed by atoms with Gasteiger partial charge in [-0.05, 0) is 43.1 Å². The predicted molar refractivity (Wildman–Crippen MR) is 87.0 cm³/mol. The highest BCUT2D eigenvalue weighted by molar-refractivity contribution is 5.71. The Morgan fingerprint density at radius 1 is 1.00 bits per heavy atom. The van der Waals surface area contributed by atoms with E-state index in [4.69, 9.17) is 0 Å². The first kappa shape index (κ1) is 14.1. The molecule has 2 aromatic rings. The van der Waals surface area contributed by atoms with Gasteiger partial charge in [-0.1, -0.05) is 36.4 Å². The average Bonchev–Trinajstić information content (AvgIpc) is 2.69. The van der Waals surface area contributed by atoms with Crippen LogP contribution in [-0.2, 0) is 12.8 Å². The van der Waals surface area contributed by atoms with Gasteiger partial charge in [-0.15, -0.1) is 0 Å². The van der Waals surface area contributed by atoms with Crippen molar-refractivity contribution in [2.75, 3.05) is 18.5 Å². The molecule has 3 nitrogen and oxygen atoms in total. The number of aliphatic hydroxyl groups is 1. The molecule has 3 heteroatoms. The van der Waals surface area contributed by atoms with Crippen LogP contribution in [0.2, 0.25) is 0 Å². The third kappa shape index (κ3) is 2.94. The number of hydrogen-bond donors (Lipinski definition) is 2. The van der Waals surface area contributed by atoms with Gasteiger partial charge in [-0.25, -0.2) is 0 Å². The van der Waals surface area contributed by atoms with Crippen LogP contribution in [0.1, 0.15) is 17.5 Å². The van der Waals surface area contributed by atoms with Crippen molar-refractivity contribution in [3.8, 4) is 0 Å². The van der Waals surface area contributed by atoms with Crippen molar-refractivity contribution in [3.05, 3.63) is 59.7 Å². The van der Waals surface area contributed by atoms with E-state index in [2.05, 4.69) is 58.7 Å². The van der Waals surface area contributed by atoms with Crippen molar-refractivity contribution in [1.29, 1.82) is 0 Å². The number of aryl methyl sites for hydroxylation is 2. The molecular formula is C18H22N2O. The summed E-state index contributed by atoms with van der Waals surface area (Å²) in [6.45, 7) is 0.802. The largest absolute Gasteiger partial charge is 0.379 e. The first-order valence-electron chi connectivity index (χ1n) is 7.58. The molecule has 21 heavy (non-hydrogen) atoms. The quantitative estimate of drug-likeness (QED) is 0.847. The fourth-order valence-corrected chi connectivity index (χ4v) is 3.01. The molecule has 0 spiro atoms. The molecule has 0 saturated heterocycles. The van der Waals surface area contributed by atoms with E-state index in [1.807, 2.05) is 0 Å². The Kier molecular flexibility index (Phi) is 4.23. The molecule has 1 atom stereocenters. The standard InChI is InChI=1S/C18H22N2O/c1-19-18(21)12-13-20-16-8-4-2-6-14(16)10-11-15-7-3-5-9-17(15)20/h2-9,18-19,21H,10-13H2,1H3. The second kappa shape index (κ2) is 6.29. The zero-order chi connectivity index (χ0) is 14.7. The predicted octanol–water partition coefficient (Wildman–Crippen LogP) is 2.85. The van der Waals surface area contributed by atoms with Crippen LogP contribution in [0.15, 0.2) is 48.5 Å². The summed E-state index contributed by atoms with van der Waals surface area (Å²) in [7, 11) is 1.79. The van der Waals surface area contributed by atoms with E-state index in [0.29, 0.717) is 6.42 Å². The van der Waals surface area contributed by atoms with Crippen LogP contribution < -0.4 is 10.2 Å². The molecule has 0 radical (unpaired) electrons. The van der Waals surface area contributed by atoms with Crippen molar-refractivity contribution in [3.63, 3.8) is 0 Å². The normalized spacial score (nSPS) is 15.0. The molecule has 0 saturated carbocycles. The molecule has 0 aromatic heterocycles. The fraction of sp³-hybridized carbons (Fsp3) is 0.333. The summed E-state index contributed by atoms with van der Waals surface area (Å²) in [6, 6.07) is 17.2. The molecule has 0 bridgehead atoms. The van der Waals surface area contributed by atoms with E-state index in [1.54, 1.807) is 7.05 Å². The Bertz CT molecular complexity index is 564. The second-order valence-corrected chi connectivity index (χ2v) is 5.50. The molecule has 1 aliphatic heterocycles. The minimum Gasteiger partial charge on any atom is -0.379 e. The number of rotatable bonds is 4. The van der Waals surface area contributed by atoms with Gasteiger partial charge in [0.2, 0.25) is 0 Å². The number of benzene rings is 2. The smallest absolute Gasteiger partial charge is 0.106 e. The lowest BCUT2D eigenvalue weighted by atomic mass is 10.0. The van der Waals surface area contributed by atoms with Crippen molar-refractivity contribution in [2.45, 2.75) is 25.5 Å². The first-order chi connectivity index (χ1) is 10.3. The molecular weight excluding hydrogens is 260 g/mol. The Hall–Kier alpha value is -1.84. The van der Waals surface area contributed by atoms with Gasteiger partial charge in [0, 0.05) is 24.3 Å². The van der Waals surface area contributed by atoms with Crippen LogP contribution >= 0.6 is 0 Å². The number of nitrogens with one attached hydrogen (secondary N) is 1.